The van der Waals surface area contributed by atoms with Crippen molar-refractivity contribution in [2.45, 2.75) is 32.6 Å². The fourth-order valence-corrected chi connectivity index (χ4v) is 4.79. The molecule has 1 aliphatic rings. The first-order valence-electron chi connectivity index (χ1n) is 9.18. The second-order valence-electron chi connectivity index (χ2n) is 6.70. The number of hydrogen-bond donors (Lipinski definition) is 2. The van der Waals surface area contributed by atoms with Crippen LogP contribution in [0.2, 0.25) is 0 Å². The maximum Gasteiger partial charge on any atom is 0.251 e. The monoisotopic (exact) mass is 384 g/mol. The lowest BCUT2D eigenvalue weighted by Crippen LogP contribution is -2.29. The van der Waals surface area contributed by atoms with Crippen LogP contribution in [0.15, 0.2) is 24.3 Å². The Bertz CT molecular complexity index is 1000. The third-order valence-corrected chi connectivity index (χ3v) is 5.90. The minimum absolute atomic E-state index is 0.284. The summed E-state index contributed by atoms with van der Waals surface area (Å²) in [6, 6.07) is 5.68. The minimum Gasteiger partial charge on any atom is -0.368 e. The molecule has 0 bridgehead atoms. The number of aryl methyl sites for hydroxylation is 3. The van der Waals surface area contributed by atoms with Crippen LogP contribution in [0.5, 0.6) is 0 Å². The van der Waals surface area contributed by atoms with Crippen molar-refractivity contribution < 1.29 is 9.18 Å². The van der Waals surface area contributed by atoms with Gasteiger partial charge in [-0.05, 0) is 56.4 Å². The van der Waals surface area contributed by atoms with Gasteiger partial charge in [-0.25, -0.2) is 14.4 Å². The zero-order valence-corrected chi connectivity index (χ0v) is 16.0. The molecule has 0 saturated carbocycles. The Balaban J connectivity index is 1.44. The maximum atomic E-state index is 13.2. The maximum absolute atomic E-state index is 13.2. The second-order valence-corrected chi connectivity index (χ2v) is 7.79. The predicted molar refractivity (Wildman–Crippen MR) is 106 cm³/mol. The van der Waals surface area contributed by atoms with E-state index in [1.165, 1.54) is 41.5 Å². The predicted octanol–water partition coefficient (Wildman–Crippen LogP) is 3.86. The van der Waals surface area contributed by atoms with E-state index < -0.39 is 5.82 Å². The highest BCUT2D eigenvalue weighted by Gasteiger charge is 2.20. The van der Waals surface area contributed by atoms with Gasteiger partial charge >= 0.3 is 0 Å². The van der Waals surface area contributed by atoms with Gasteiger partial charge in [-0.15, -0.1) is 11.3 Å². The van der Waals surface area contributed by atoms with Gasteiger partial charge in [0, 0.05) is 23.5 Å². The molecular formula is C20H21FN4OS. The third kappa shape index (κ3) is 3.78. The number of aromatic nitrogens is 2. The van der Waals surface area contributed by atoms with Gasteiger partial charge < -0.3 is 10.6 Å². The Hall–Kier alpha value is -2.54. The molecule has 0 aliphatic heterocycles. The van der Waals surface area contributed by atoms with Gasteiger partial charge in [0.25, 0.3) is 5.91 Å². The number of benzene rings is 1. The molecule has 27 heavy (non-hydrogen) atoms. The Morgan fingerprint density at radius 1 is 1.22 bits per heavy atom. The van der Waals surface area contributed by atoms with Gasteiger partial charge in [0.2, 0.25) is 0 Å². The van der Waals surface area contributed by atoms with Gasteiger partial charge in [-0.2, -0.15) is 0 Å². The Labute approximate surface area is 161 Å². The van der Waals surface area contributed by atoms with E-state index in [0.29, 0.717) is 18.7 Å². The van der Waals surface area contributed by atoms with Gasteiger partial charge in [-0.3, -0.25) is 4.79 Å². The normalized spacial score (nSPS) is 13.4. The van der Waals surface area contributed by atoms with Gasteiger partial charge in [0.05, 0.1) is 5.39 Å². The lowest BCUT2D eigenvalue weighted by atomic mass is 9.97. The number of halogens is 1. The molecule has 0 radical (unpaired) electrons. The number of carbonyl (C=O) groups excluding carboxylic acids is 1. The largest absolute Gasteiger partial charge is 0.368 e. The summed E-state index contributed by atoms with van der Waals surface area (Å²) in [7, 11) is 0. The highest BCUT2D eigenvalue weighted by Crippen LogP contribution is 2.38. The SMILES string of the molecule is Cc1nc(NCCNC(=O)c2cccc(F)c2)c2c3c(sc2n1)CCCC3. The second kappa shape index (κ2) is 7.60. The zero-order chi connectivity index (χ0) is 18.8. The first kappa shape index (κ1) is 17.9. The van der Waals surface area contributed by atoms with Crippen molar-refractivity contribution in [2.24, 2.45) is 0 Å². The molecule has 0 fully saturated rings. The lowest BCUT2D eigenvalue weighted by Gasteiger charge is -2.13. The molecule has 5 nitrogen and oxygen atoms in total. The van der Waals surface area contributed by atoms with Gasteiger partial charge in [0.15, 0.2) is 0 Å². The van der Waals surface area contributed by atoms with Crippen LogP contribution in [-0.2, 0) is 12.8 Å². The molecule has 4 rings (SSSR count). The molecule has 1 aliphatic carbocycles. The first-order chi connectivity index (χ1) is 13.1. The molecule has 1 aromatic carbocycles. The molecule has 7 heteroatoms. The number of hydrogen-bond acceptors (Lipinski definition) is 5. The Kier molecular flexibility index (Phi) is 5.03. The van der Waals surface area contributed by atoms with E-state index in [9.17, 15) is 9.18 Å². The van der Waals surface area contributed by atoms with Crippen molar-refractivity contribution in [1.82, 2.24) is 15.3 Å². The summed E-state index contributed by atoms with van der Waals surface area (Å²) in [5, 5.41) is 7.29. The van der Waals surface area contributed by atoms with Crippen LogP contribution in [-0.4, -0.2) is 29.0 Å². The number of amides is 1. The number of rotatable bonds is 5. The molecule has 2 N–H and O–H groups in total. The van der Waals surface area contributed by atoms with E-state index in [1.807, 2.05) is 6.92 Å². The first-order valence-corrected chi connectivity index (χ1v) is 10.00. The molecule has 2 aromatic heterocycles. The fourth-order valence-electron chi connectivity index (χ4n) is 3.48. The highest BCUT2D eigenvalue weighted by atomic mass is 32.1. The van der Waals surface area contributed by atoms with Crippen molar-refractivity contribution in [3.8, 4) is 0 Å². The van der Waals surface area contributed by atoms with Crippen LogP contribution in [0.3, 0.4) is 0 Å². The number of fused-ring (bicyclic) bond motifs is 3. The van der Waals surface area contributed by atoms with Gasteiger partial charge in [-0.1, -0.05) is 6.07 Å². The molecule has 1 amide bonds. The smallest absolute Gasteiger partial charge is 0.251 e. The summed E-state index contributed by atoms with van der Waals surface area (Å²) in [4.78, 5) is 23.8. The summed E-state index contributed by atoms with van der Waals surface area (Å²) in [6.07, 6.45) is 4.64. The van der Waals surface area contributed by atoms with Crippen LogP contribution in [0, 0.1) is 12.7 Å². The van der Waals surface area contributed by atoms with Crippen LogP contribution in [0.4, 0.5) is 10.2 Å². The average molecular weight is 384 g/mol. The van der Waals surface area contributed by atoms with E-state index in [4.69, 9.17) is 0 Å². The van der Waals surface area contributed by atoms with Crippen molar-refractivity contribution in [2.75, 3.05) is 18.4 Å². The van der Waals surface area contributed by atoms with Crippen LogP contribution in [0.1, 0.15) is 39.5 Å². The van der Waals surface area contributed by atoms with E-state index in [2.05, 4.69) is 20.6 Å². The van der Waals surface area contributed by atoms with Crippen molar-refractivity contribution in [1.29, 1.82) is 0 Å². The standard InChI is InChI=1S/C20H21FN4OS/c1-12-24-18(17-15-7-2-3-8-16(15)27-20(17)25-12)22-9-10-23-19(26)13-5-4-6-14(21)11-13/h4-6,11H,2-3,7-10H2,1H3,(H,23,26)(H,22,24,25). The van der Waals surface area contributed by atoms with Crippen LogP contribution < -0.4 is 10.6 Å². The molecule has 0 spiro atoms. The summed E-state index contributed by atoms with van der Waals surface area (Å²) in [5.74, 6) is 0.888. The van der Waals surface area contributed by atoms with E-state index in [1.54, 1.807) is 17.4 Å². The van der Waals surface area contributed by atoms with Crippen molar-refractivity contribution in [3.05, 3.63) is 51.9 Å². The molecule has 140 valence electrons. The topological polar surface area (TPSA) is 66.9 Å². The summed E-state index contributed by atoms with van der Waals surface area (Å²) in [6.45, 7) is 2.86. The third-order valence-electron chi connectivity index (χ3n) is 4.72. The lowest BCUT2D eigenvalue weighted by molar-refractivity contribution is 0.0954. The van der Waals surface area contributed by atoms with Gasteiger partial charge in [0.1, 0.15) is 22.3 Å². The van der Waals surface area contributed by atoms with Crippen LogP contribution >= 0.6 is 11.3 Å². The average Bonchev–Trinajstić information content (AvgIpc) is 3.03. The highest BCUT2D eigenvalue weighted by molar-refractivity contribution is 7.19. The molecular weight excluding hydrogens is 363 g/mol. The molecule has 0 unspecified atom stereocenters. The minimum atomic E-state index is -0.415. The molecule has 2 heterocycles. The summed E-state index contributed by atoms with van der Waals surface area (Å²) < 4.78 is 13.2. The number of anilines is 1. The molecule has 0 saturated heterocycles. The van der Waals surface area contributed by atoms with Crippen molar-refractivity contribution >= 4 is 33.3 Å². The summed E-state index contributed by atoms with van der Waals surface area (Å²) in [5.41, 5.74) is 1.70. The Morgan fingerprint density at radius 2 is 2.07 bits per heavy atom. The fraction of sp³-hybridized carbons (Fsp3) is 0.350. The van der Waals surface area contributed by atoms with Crippen molar-refractivity contribution in [3.63, 3.8) is 0 Å². The summed E-state index contributed by atoms with van der Waals surface area (Å²) >= 11 is 1.77. The quantitative estimate of drug-likeness (QED) is 0.656. The van der Waals surface area contributed by atoms with Crippen LogP contribution in [0.25, 0.3) is 10.2 Å². The number of carbonyl (C=O) groups is 1. The zero-order valence-electron chi connectivity index (χ0n) is 15.1. The Morgan fingerprint density at radius 3 is 2.93 bits per heavy atom. The van der Waals surface area contributed by atoms with E-state index >= 15 is 0 Å². The number of nitrogens with zero attached hydrogens (tertiary/aromatic N) is 2. The number of nitrogens with one attached hydrogen (secondary N) is 2. The van der Waals surface area contributed by atoms with E-state index in [-0.39, 0.29) is 5.91 Å². The molecule has 3 aromatic rings. The number of thiophene rings is 1. The molecule has 0 atom stereocenters. The van der Waals surface area contributed by atoms with E-state index in [0.717, 1.165) is 34.7 Å².